The van der Waals surface area contributed by atoms with Crippen LogP contribution in [0.4, 0.5) is 0 Å². The minimum absolute atomic E-state index is 0.216. The van der Waals surface area contributed by atoms with Crippen LogP contribution in [-0.2, 0) is 6.54 Å². The predicted octanol–water partition coefficient (Wildman–Crippen LogP) is 1.47. The molecule has 0 bridgehead atoms. The van der Waals surface area contributed by atoms with Crippen molar-refractivity contribution in [3.8, 4) is 5.75 Å². The highest BCUT2D eigenvalue weighted by Crippen LogP contribution is 2.12. The van der Waals surface area contributed by atoms with Crippen LogP contribution in [0.5, 0.6) is 5.75 Å². The van der Waals surface area contributed by atoms with Crippen LogP contribution in [0.1, 0.15) is 12.5 Å². The van der Waals surface area contributed by atoms with E-state index in [2.05, 4.69) is 24.1 Å². The number of likely N-dealkylation sites (N-methyl/N-ethyl adjacent to an activating group) is 1. The minimum Gasteiger partial charge on any atom is -0.497 e. The van der Waals surface area contributed by atoms with Gasteiger partial charge in [-0.2, -0.15) is 0 Å². The quantitative estimate of drug-likeness (QED) is 0.796. The highest BCUT2D eigenvalue weighted by Gasteiger charge is 2.02. The molecule has 3 nitrogen and oxygen atoms in total. The van der Waals surface area contributed by atoms with Gasteiger partial charge in [0.1, 0.15) is 5.75 Å². The molecular weight excluding hydrogens is 188 g/mol. The van der Waals surface area contributed by atoms with Crippen molar-refractivity contribution in [1.82, 2.24) is 4.90 Å². The van der Waals surface area contributed by atoms with E-state index in [1.165, 1.54) is 5.56 Å². The molecule has 0 aromatic heterocycles. The lowest BCUT2D eigenvalue weighted by molar-refractivity contribution is 0.310. The Hall–Kier alpha value is -1.06. The van der Waals surface area contributed by atoms with Gasteiger partial charge in [0.15, 0.2) is 0 Å². The zero-order valence-corrected chi connectivity index (χ0v) is 9.73. The fraction of sp³-hybridized carbons (Fsp3) is 0.500. The van der Waals surface area contributed by atoms with Crippen molar-refractivity contribution >= 4 is 0 Å². The lowest BCUT2D eigenvalue weighted by Gasteiger charge is -2.18. The van der Waals surface area contributed by atoms with Gasteiger partial charge in [0.05, 0.1) is 7.11 Å². The van der Waals surface area contributed by atoms with Crippen molar-refractivity contribution in [3.63, 3.8) is 0 Å². The normalized spacial score (nSPS) is 12.9. The number of hydrogen-bond acceptors (Lipinski definition) is 3. The molecule has 0 spiro atoms. The summed E-state index contributed by atoms with van der Waals surface area (Å²) in [6.07, 6.45) is 0. The summed E-state index contributed by atoms with van der Waals surface area (Å²) >= 11 is 0. The third-order valence-electron chi connectivity index (χ3n) is 2.21. The summed E-state index contributed by atoms with van der Waals surface area (Å²) in [5.41, 5.74) is 7.01. The molecule has 1 rings (SSSR count). The van der Waals surface area contributed by atoms with Crippen LogP contribution in [0.15, 0.2) is 24.3 Å². The van der Waals surface area contributed by atoms with E-state index < -0.39 is 0 Å². The second kappa shape index (κ2) is 5.73. The van der Waals surface area contributed by atoms with E-state index in [1.54, 1.807) is 7.11 Å². The zero-order valence-electron chi connectivity index (χ0n) is 9.73. The smallest absolute Gasteiger partial charge is 0.118 e. The molecular formula is C12H20N2O. The third kappa shape index (κ3) is 4.32. The standard InChI is InChI=1S/C12H20N2O/c1-10(13)8-14(2)9-11-4-6-12(15-3)7-5-11/h4-7,10H,8-9,13H2,1-3H3/t10-/m1/s1. The molecule has 0 amide bonds. The first kappa shape index (κ1) is 12.0. The maximum atomic E-state index is 5.73. The van der Waals surface area contributed by atoms with Gasteiger partial charge >= 0.3 is 0 Å². The Morgan fingerprint density at radius 3 is 2.40 bits per heavy atom. The summed E-state index contributed by atoms with van der Waals surface area (Å²) in [6.45, 7) is 3.85. The number of hydrogen-bond donors (Lipinski definition) is 1. The predicted molar refractivity (Wildman–Crippen MR) is 63.0 cm³/mol. The van der Waals surface area contributed by atoms with Crippen molar-refractivity contribution in [2.75, 3.05) is 20.7 Å². The van der Waals surface area contributed by atoms with E-state index in [1.807, 2.05) is 19.1 Å². The van der Waals surface area contributed by atoms with Gasteiger partial charge in [-0.1, -0.05) is 12.1 Å². The second-order valence-electron chi connectivity index (χ2n) is 4.02. The highest BCUT2D eigenvalue weighted by atomic mass is 16.5. The number of nitrogens with two attached hydrogens (primary N) is 1. The van der Waals surface area contributed by atoms with Crippen molar-refractivity contribution in [3.05, 3.63) is 29.8 Å². The molecule has 3 heteroatoms. The number of nitrogens with zero attached hydrogens (tertiary/aromatic N) is 1. The Labute approximate surface area is 91.8 Å². The maximum absolute atomic E-state index is 5.73. The molecule has 0 radical (unpaired) electrons. The minimum atomic E-state index is 0.216. The number of methoxy groups -OCH3 is 1. The summed E-state index contributed by atoms with van der Waals surface area (Å²) in [5, 5.41) is 0. The van der Waals surface area contributed by atoms with Crippen LogP contribution in [-0.4, -0.2) is 31.6 Å². The summed E-state index contributed by atoms with van der Waals surface area (Å²) in [7, 11) is 3.75. The Kier molecular flexibility index (Phi) is 4.59. The van der Waals surface area contributed by atoms with Crippen molar-refractivity contribution in [2.45, 2.75) is 19.5 Å². The topological polar surface area (TPSA) is 38.5 Å². The molecule has 0 heterocycles. The summed E-state index contributed by atoms with van der Waals surface area (Å²) in [6, 6.07) is 8.34. The molecule has 0 aliphatic heterocycles. The van der Waals surface area contributed by atoms with Gasteiger partial charge < -0.3 is 15.4 Å². The fourth-order valence-corrected chi connectivity index (χ4v) is 1.60. The van der Waals surface area contributed by atoms with Crippen molar-refractivity contribution in [2.24, 2.45) is 5.73 Å². The summed E-state index contributed by atoms with van der Waals surface area (Å²) in [5.74, 6) is 0.897. The van der Waals surface area contributed by atoms with Crippen molar-refractivity contribution in [1.29, 1.82) is 0 Å². The first-order valence-corrected chi connectivity index (χ1v) is 5.19. The first-order valence-electron chi connectivity index (χ1n) is 5.19. The van der Waals surface area contributed by atoms with Crippen LogP contribution in [0.2, 0.25) is 0 Å². The SMILES string of the molecule is COc1ccc(CN(C)C[C@@H](C)N)cc1. The largest absolute Gasteiger partial charge is 0.497 e. The Morgan fingerprint density at radius 2 is 1.93 bits per heavy atom. The molecule has 0 aliphatic carbocycles. The van der Waals surface area contributed by atoms with Crippen molar-refractivity contribution < 1.29 is 4.74 Å². The van der Waals surface area contributed by atoms with Crippen LogP contribution in [0.25, 0.3) is 0 Å². The Morgan fingerprint density at radius 1 is 1.33 bits per heavy atom. The molecule has 2 N–H and O–H groups in total. The van der Waals surface area contributed by atoms with E-state index in [0.29, 0.717) is 0 Å². The lowest BCUT2D eigenvalue weighted by Crippen LogP contribution is -2.32. The van der Waals surface area contributed by atoms with Crippen LogP contribution in [0, 0.1) is 0 Å². The van der Waals surface area contributed by atoms with E-state index in [4.69, 9.17) is 10.5 Å². The monoisotopic (exact) mass is 208 g/mol. The average molecular weight is 208 g/mol. The van der Waals surface area contributed by atoms with Crippen LogP contribution < -0.4 is 10.5 Å². The van der Waals surface area contributed by atoms with Crippen LogP contribution >= 0.6 is 0 Å². The van der Waals surface area contributed by atoms with E-state index in [9.17, 15) is 0 Å². The lowest BCUT2D eigenvalue weighted by atomic mass is 10.2. The first-order chi connectivity index (χ1) is 7.11. The zero-order chi connectivity index (χ0) is 11.3. The Balaban J connectivity index is 2.49. The average Bonchev–Trinajstić information content (AvgIpc) is 2.17. The Bertz CT molecular complexity index is 282. The van der Waals surface area contributed by atoms with E-state index in [0.717, 1.165) is 18.8 Å². The summed E-state index contributed by atoms with van der Waals surface area (Å²) < 4.78 is 5.11. The van der Waals surface area contributed by atoms with E-state index in [-0.39, 0.29) is 6.04 Å². The van der Waals surface area contributed by atoms with Gasteiger partial charge in [-0.3, -0.25) is 0 Å². The molecule has 0 aliphatic rings. The number of ether oxygens (including phenoxy) is 1. The van der Waals surface area contributed by atoms with Gasteiger partial charge in [0.25, 0.3) is 0 Å². The fourth-order valence-electron chi connectivity index (χ4n) is 1.60. The molecule has 0 fully saturated rings. The molecule has 1 atom stereocenters. The van der Waals surface area contributed by atoms with E-state index >= 15 is 0 Å². The second-order valence-corrected chi connectivity index (χ2v) is 4.02. The molecule has 15 heavy (non-hydrogen) atoms. The van der Waals surface area contributed by atoms with Crippen LogP contribution in [0.3, 0.4) is 0 Å². The molecule has 0 saturated carbocycles. The molecule has 1 aromatic carbocycles. The molecule has 1 aromatic rings. The maximum Gasteiger partial charge on any atom is 0.118 e. The number of benzene rings is 1. The molecule has 0 unspecified atom stereocenters. The van der Waals surface area contributed by atoms with Gasteiger partial charge in [-0.05, 0) is 31.7 Å². The number of rotatable bonds is 5. The molecule has 0 saturated heterocycles. The summed E-state index contributed by atoms with van der Waals surface area (Å²) in [4.78, 5) is 2.21. The molecule has 84 valence electrons. The third-order valence-corrected chi connectivity index (χ3v) is 2.21. The van der Waals surface area contributed by atoms with Gasteiger partial charge in [0, 0.05) is 19.1 Å². The van der Waals surface area contributed by atoms with Gasteiger partial charge in [-0.25, -0.2) is 0 Å². The highest BCUT2D eigenvalue weighted by molar-refractivity contribution is 5.26. The van der Waals surface area contributed by atoms with Gasteiger partial charge in [0.2, 0.25) is 0 Å². The van der Waals surface area contributed by atoms with Gasteiger partial charge in [-0.15, -0.1) is 0 Å².